The summed E-state index contributed by atoms with van der Waals surface area (Å²) in [6.07, 6.45) is 2.58. The van der Waals surface area contributed by atoms with E-state index in [-0.39, 0.29) is 0 Å². The molecule has 1 aliphatic heterocycles. The minimum atomic E-state index is 0.417. The number of benzene rings is 1. The van der Waals surface area contributed by atoms with Crippen LogP contribution in [0.15, 0.2) is 30.3 Å². The van der Waals surface area contributed by atoms with Crippen molar-refractivity contribution in [2.75, 3.05) is 33.9 Å². The highest BCUT2D eigenvalue weighted by atomic mass is 16.5. The van der Waals surface area contributed by atoms with Gasteiger partial charge in [-0.25, -0.2) is 0 Å². The molecule has 0 aromatic heterocycles. The highest BCUT2D eigenvalue weighted by Gasteiger charge is 2.28. The first kappa shape index (κ1) is 15.5. The molecule has 0 radical (unpaired) electrons. The molecule has 1 aliphatic rings. The van der Waals surface area contributed by atoms with Crippen LogP contribution in [0.2, 0.25) is 0 Å². The summed E-state index contributed by atoms with van der Waals surface area (Å²) in [6, 6.07) is 11.8. The third kappa shape index (κ3) is 3.81. The Hall–Kier alpha value is -0.900. The Labute approximate surface area is 123 Å². The lowest BCUT2D eigenvalue weighted by atomic mass is 9.94. The van der Waals surface area contributed by atoms with E-state index in [0.717, 1.165) is 13.2 Å². The zero-order valence-electron chi connectivity index (χ0n) is 13.0. The van der Waals surface area contributed by atoms with E-state index in [1.54, 1.807) is 7.11 Å². The molecular formula is C17H28N2O. The van der Waals surface area contributed by atoms with E-state index in [1.807, 2.05) is 0 Å². The molecule has 0 saturated carbocycles. The first-order valence-corrected chi connectivity index (χ1v) is 7.71. The van der Waals surface area contributed by atoms with E-state index < -0.39 is 0 Å². The van der Waals surface area contributed by atoms with Crippen molar-refractivity contribution in [3.63, 3.8) is 0 Å². The van der Waals surface area contributed by atoms with Gasteiger partial charge in [-0.2, -0.15) is 0 Å². The molecule has 1 aromatic carbocycles. The van der Waals surface area contributed by atoms with Crippen LogP contribution in [0.3, 0.4) is 0 Å². The third-order valence-electron chi connectivity index (χ3n) is 4.42. The standard InChI is InChI=1S/C17H28N2O/c1-14(12-19-11-7-10-16(19)13-20-3)17(18-2)15-8-5-4-6-9-15/h4-6,8-9,14,16-18H,7,10-13H2,1-3H3/t14-,16-,17?/m0/s1. The summed E-state index contributed by atoms with van der Waals surface area (Å²) in [5.74, 6) is 0.583. The molecule has 3 atom stereocenters. The van der Waals surface area contributed by atoms with Crippen LogP contribution in [0, 0.1) is 5.92 Å². The van der Waals surface area contributed by atoms with E-state index in [1.165, 1.54) is 24.9 Å². The van der Waals surface area contributed by atoms with Crippen LogP contribution in [0.25, 0.3) is 0 Å². The van der Waals surface area contributed by atoms with Crippen LogP contribution >= 0.6 is 0 Å². The quantitative estimate of drug-likeness (QED) is 0.828. The second-order valence-corrected chi connectivity index (χ2v) is 5.90. The van der Waals surface area contributed by atoms with Crippen molar-refractivity contribution < 1.29 is 4.74 Å². The average molecular weight is 276 g/mol. The molecule has 0 bridgehead atoms. The van der Waals surface area contributed by atoms with Crippen LogP contribution in [-0.2, 0) is 4.74 Å². The fraction of sp³-hybridized carbons (Fsp3) is 0.647. The SMILES string of the molecule is CNC(c1ccccc1)[C@@H](C)CN1CCC[C@H]1COC. The number of methoxy groups -OCH3 is 1. The summed E-state index contributed by atoms with van der Waals surface area (Å²) in [7, 11) is 3.87. The molecule has 1 aromatic rings. The van der Waals surface area contributed by atoms with E-state index >= 15 is 0 Å². The van der Waals surface area contributed by atoms with Gasteiger partial charge in [-0.05, 0) is 37.9 Å². The number of hydrogen-bond acceptors (Lipinski definition) is 3. The van der Waals surface area contributed by atoms with Gasteiger partial charge in [0.2, 0.25) is 0 Å². The first-order chi connectivity index (χ1) is 9.76. The molecule has 0 amide bonds. The minimum Gasteiger partial charge on any atom is -0.383 e. The lowest BCUT2D eigenvalue weighted by molar-refractivity contribution is 0.102. The molecule has 1 saturated heterocycles. The predicted octanol–water partition coefficient (Wildman–Crippen LogP) is 2.69. The fourth-order valence-corrected chi connectivity index (χ4v) is 3.43. The van der Waals surface area contributed by atoms with Gasteiger partial charge in [0.15, 0.2) is 0 Å². The van der Waals surface area contributed by atoms with Gasteiger partial charge in [-0.3, -0.25) is 4.90 Å². The lowest BCUT2D eigenvalue weighted by Gasteiger charge is -2.31. The average Bonchev–Trinajstić information content (AvgIpc) is 2.88. The largest absolute Gasteiger partial charge is 0.383 e. The number of hydrogen-bond donors (Lipinski definition) is 1. The van der Waals surface area contributed by atoms with E-state index in [0.29, 0.717) is 18.0 Å². The number of rotatable bonds is 7. The second kappa shape index (κ2) is 7.77. The van der Waals surface area contributed by atoms with Gasteiger partial charge in [0.25, 0.3) is 0 Å². The van der Waals surface area contributed by atoms with Crippen molar-refractivity contribution in [3.8, 4) is 0 Å². The van der Waals surface area contributed by atoms with Crippen LogP contribution in [0.5, 0.6) is 0 Å². The Morgan fingerprint density at radius 1 is 1.35 bits per heavy atom. The maximum absolute atomic E-state index is 5.35. The van der Waals surface area contributed by atoms with Gasteiger partial charge in [-0.15, -0.1) is 0 Å². The van der Waals surface area contributed by atoms with Gasteiger partial charge in [0, 0.05) is 25.7 Å². The Morgan fingerprint density at radius 3 is 2.75 bits per heavy atom. The molecule has 0 spiro atoms. The van der Waals surface area contributed by atoms with Crippen molar-refractivity contribution in [2.24, 2.45) is 5.92 Å². The molecule has 3 nitrogen and oxygen atoms in total. The highest BCUT2D eigenvalue weighted by molar-refractivity contribution is 5.19. The third-order valence-corrected chi connectivity index (χ3v) is 4.42. The van der Waals surface area contributed by atoms with Gasteiger partial charge in [0.05, 0.1) is 6.61 Å². The zero-order chi connectivity index (χ0) is 14.4. The van der Waals surface area contributed by atoms with E-state index in [2.05, 4.69) is 54.5 Å². The van der Waals surface area contributed by atoms with Crippen molar-refractivity contribution >= 4 is 0 Å². The Balaban J connectivity index is 1.97. The highest BCUT2D eigenvalue weighted by Crippen LogP contribution is 2.26. The van der Waals surface area contributed by atoms with Crippen LogP contribution in [0.4, 0.5) is 0 Å². The lowest BCUT2D eigenvalue weighted by Crippen LogP contribution is -2.39. The van der Waals surface area contributed by atoms with Crippen LogP contribution in [0.1, 0.15) is 31.4 Å². The molecule has 1 unspecified atom stereocenters. The molecule has 20 heavy (non-hydrogen) atoms. The van der Waals surface area contributed by atoms with Crippen molar-refractivity contribution in [2.45, 2.75) is 31.8 Å². The van der Waals surface area contributed by atoms with Crippen molar-refractivity contribution in [1.29, 1.82) is 0 Å². The minimum absolute atomic E-state index is 0.417. The van der Waals surface area contributed by atoms with Crippen LogP contribution in [-0.4, -0.2) is 44.8 Å². The normalized spacial score (nSPS) is 22.9. The smallest absolute Gasteiger partial charge is 0.0618 e. The molecule has 2 rings (SSSR count). The Bertz CT molecular complexity index is 382. The molecule has 112 valence electrons. The van der Waals surface area contributed by atoms with Gasteiger partial charge in [-0.1, -0.05) is 37.3 Å². The van der Waals surface area contributed by atoms with Gasteiger partial charge < -0.3 is 10.1 Å². The molecule has 0 aliphatic carbocycles. The summed E-state index contributed by atoms with van der Waals surface area (Å²) in [6.45, 7) is 5.55. The van der Waals surface area contributed by atoms with Crippen LogP contribution < -0.4 is 5.32 Å². The van der Waals surface area contributed by atoms with Gasteiger partial charge in [0.1, 0.15) is 0 Å². The summed E-state index contributed by atoms with van der Waals surface area (Å²) in [4.78, 5) is 2.60. The molecular weight excluding hydrogens is 248 g/mol. The van der Waals surface area contributed by atoms with E-state index in [4.69, 9.17) is 4.74 Å². The summed E-state index contributed by atoms with van der Waals surface area (Å²) < 4.78 is 5.35. The number of ether oxygens (including phenoxy) is 1. The molecule has 1 N–H and O–H groups in total. The Kier molecular flexibility index (Phi) is 6.02. The topological polar surface area (TPSA) is 24.5 Å². The maximum Gasteiger partial charge on any atom is 0.0618 e. The molecule has 1 fully saturated rings. The first-order valence-electron chi connectivity index (χ1n) is 7.71. The number of likely N-dealkylation sites (tertiary alicyclic amines) is 1. The summed E-state index contributed by atoms with van der Waals surface area (Å²) >= 11 is 0. The Morgan fingerprint density at radius 2 is 2.10 bits per heavy atom. The van der Waals surface area contributed by atoms with E-state index in [9.17, 15) is 0 Å². The zero-order valence-corrected chi connectivity index (χ0v) is 13.0. The monoisotopic (exact) mass is 276 g/mol. The molecule has 1 heterocycles. The van der Waals surface area contributed by atoms with Crippen molar-refractivity contribution in [3.05, 3.63) is 35.9 Å². The fourth-order valence-electron chi connectivity index (χ4n) is 3.43. The summed E-state index contributed by atoms with van der Waals surface area (Å²) in [5.41, 5.74) is 1.38. The van der Waals surface area contributed by atoms with Gasteiger partial charge >= 0.3 is 0 Å². The summed E-state index contributed by atoms with van der Waals surface area (Å²) in [5, 5.41) is 3.48. The predicted molar refractivity (Wildman–Crippen MR) is 83.9 cm³/mol. The van der Waals surface area contributed by atoms with Crippen molar-refractivity contribution in [1.82, 2.24) is 10.2 Å². The maximum atomic E-state index is 5.35. The number of nitrogens with one attached hydrogen (secondary N) is 1. The number of nitrogens with zero attached hydrogens (tertiary/aromatic N) is 1. The molecule has 3 heteroatoms. The second-order valence-electron chi connectivity index (χ2n) is 5.90.